The quantitative estimate of drug-likeness (QED) is 0.428. The lowest BCUT2D eigenvalue weighted by molar-refractivity contribution is 1.36. The highest BCUT2D eigenvalue weighted by Gasteiger charge is 2.03. The Morgan fingerprint density at radius 2 is 2.12 bits per heavy atom. The highest BCUT2D eigenvalue weighted by Crippen LogP contribution is 2.22. The van der Waals surface area contributed by atoms with Crippen LogP contribution in [0.15, 0.2) is 22.4 Å². The van der Waals surface area contributed by atoms with E-state index in [0.29, 0.717) is 0 Å². The second-order valence-corrected chi connectivity index (χ2v) is 2.80. The molecule has 0 fully saturated rings. The summed E-state index contributed by atoms with van der Waals surface area (Å²) in [6, 6.07) is 0. The lowest BCUT2D eigenvalue weighted by Gasteiger charge is -1.93. The van der Waals surface area contributed by atoms with Gasteiger partial charge in [0.15, 0.2) is 0 Å². The third-order valence-electron chi connectivity index (χ3n) is 1.66. The third kappa shape index (κ3) is 0.780. The molecule has 0 aromatic carbocycles. The van der Waals surface area contributed by atoms with E-state index in [1.807, 2.05) is 0 Å². The summed E-state index contributed by atoms with van der Waals surface area (Å²) in [5.74, 6) is 0. The molecule has 0 heterocycles. The average molecular weight is 121 g/mol. The molecule has 0 unspecified atom stereocenters. The maximum Gasteiger partial charge on any atom is 0.0658 e. The molecule has 1 heteroatoms. The summed E-state index contributed by atoms with van der Waals surface area (Å²) in [5, 5.41) is 1.34. The van der Waals surface area contributed by atoms with Gasteiger partial charge < -0.3 is 0 Å². The molecule has 0 aromatic heterocycles. The molecule has 0 nitrogen and oxygen atoms in total. The van der Waals surface area contributed by atoms with Crippen LogP contribution in [0.2, 0.25) is 0 Å². The van der Waals surface area contributed by atoms with Gasteiger partial charge in [0.05, 0.1) is 10.2 Å². The van der Waals surface area contributed by atoms with Gasteiger partial charge in [0.1, 0.15) is 0 Å². The molecule has 3 radical (unpaired) electrons. The van der Waals surface area contributed by atoms with E-state index in [-0.39, 0.29) is 0 Å². The van der Waals surface area contributed by atoms with Gasteiger partial charge in [-0.25, -0.2) is 0 Å². The number of allylic oxidation sites excluding steroid dienone is 4. The van der Waals surface area contributed by atoms with Gasteiger partial charge in [-0.05, 0) is 20.3 Å². The maximum absolute atomic E-state index is 3.52. The van der Waals surface area contributed by atoms with Crippen molar-refractivity contribution in [3.05, 3.63) is 22.4 Å². The van der Waals surface area contributed by atoms with Crippen molar-refractivity contribution >= 4 is 10.2 Å². The van der Waals surface area contributed by atoms with Crippen LogP contribution in [0, 0.1) is 0 Å². The van der Waals surface area contributed by atoms with Gasteiger partial charge in [0.2, 0.25) is 0 Å². The summed E-state index contributed by atoms with van der Waals surface area (Å²) in [6.45, 7) is 4.28. The molecule has 1 aliphatic carbocycles. The normalized spacial score (nSPS) is 19.6. The van der Waals surface area contributed by atoms with Gasteiger partial charge in [-0.3, -0.25) is 0 Å². The van der Waals surface area contributed by atoms with Crippen LogP contribution >= 0.6 is 0 Å². The molecule has 1 rings (SSSR count). The summed E-state index contributed by atoms with van der Waals surface area (Å²) in [5.41, 5.74) is 2.82. The molecule has 0 bridgehead atoms. The van der Waals surface area contributed by atoms with Crippen molar-refractivity contribution in [1.82, 2.24) is 0 Å². The Hall–Kier alpha value is -0.303. The Kier molecular flexibility index (Phi) is 1.38. The predicted molar refractivity (Wildman–Crippen MR) is 36.8 cm³/mol. The van der Waals surface area contributed by atoms with Crippen molar-refractivity contribution in [2.24, 2.45) is 0 Å². The Morgan fingerprint density at radius 1 is 1.50 bits per heavy atom. The zero-order valence-corrected chi connectivity index (χ0v) is 6.28. The molecule has 0 saturated carbocycles. The topological polar surface area (TPSA) is 0 Å². The zero-order valence-electron chi connectivity index (χ0n) is 5.28. The van der Waals surface area contributed by atoms with E-state index < -0.39 is 0 Å². The number of hydrogen-bond donors (Lipinski definition) is 0. The predicted octanol–water partition coefficient (Wildman–Crippen LogP) is 1.78. The van der Waals surface area contributed by atoms with Crippen LogP contribution in [-0.2, 0) is 0 Å². The summed E-state index contributed by atoms with van der Waals surface area (Å²) >= 11 is 0. The van der Waals surface area contributed by atoms with Crippen LogP contribution in [0.5, 0.6) is 0 Å². The first-order valence-electron chi connectivity index (χ1n) is 2.80. The van der Waals surface area contributed by atoms with Gasteiger partial charge >= 0.3 is 0 Å². The first-order valence-corrected chi connectivity index (χ1v) is 3.30. The Bertz CT molecular complexity index is 158. The van der Waals surface area contributed by atoms with E-state index in [9.17, 15) is 0 Å². The lowest BCUT2D eigenvalue weighted by atomic mass is 10.2. The fraction of sp³-hybridized carbons (Fsp3) is 0.429. The van der Waals surface area contributed by atoms with Crippen LogP contribution in [-0.4, -0.2) is 10.2 Å². The molecule has 8 heavy (non-hydrogen) atoms. The minimum atomic E-state index is 1.09. The van der Waals surface area contributed by atoms with Crippen LogP contribution in [0.4, 0.5) is 0 Å². The molecule has 0 saturated heterocycles. The van der Waals surface area contributed by atoms with Gasteiger partial charge in [-0.2, -0.15) is 0 Å². The van der Waals surface area contributed by atoms with Gasteiger partial charge in [0, 0.05) is 0 Å². The van der Waals surface area contributed by atoms with Crippen molar-refractivity contribution in [3.63, 3.8) is 0 Å². The Labute approximate surface area is 53.7 Å². The van der Waals surface area contributed by atoms with E-state index >= 15 is 0 Å². The first kappa shape index (κ1) is 5.83. The third-order valence-corrected chi connectivity index (χ3v) is 2.24. The summed E-state index contributed by atoms with van der Waals surface area (Å²) in [7, 11) is 3.52. The van der Waals surface area contributed by atoms with Crippen LogP contribution in [0.1, 0.15) is 20.3 Å². The SMILES string of the molecule is CC1=CCC([Si])=C1C. The van der Waals surface area contributed by atoms with Crippen molar-refractivity contribution in [3.8, 4) is 0 Å². The first-order chi connectivity index (χ1) is 3.72. The largest absolute Gasteiger partial charge is 0.0816 e. The summed E-state index contributed by atoms with van der Waals surface area (Å²) in [4.78, 5) is 0. The lowest BCUT2D eigenvalue weighted by Crippen LogP contribution is -1.78. The molecular formula is C7H9Si. The molecular weight excluding hydrogens is 112 g/mol. The molecule has 0 N–H and O–H groups in total. The molecule has 1 aliphatic rings. The Morgan fingerprint density at radius 3 is 2.25 bits per heavy atom. The van der Waals surface area contributed by atoms with Gasteiger partial charge in [0.25, 0.3) is 0 Å². The molecule has 0 aliphatic heterocycles. The van der Waals surface area contributed by atoms with Crippen molar-refractivity contribution in [1.29, 1.82) is 0 Å². The summed E-state index contributed by atoms with van der Waals surface area (Å²) < 4.78 is 0. The summed E-state index contributed by atoms with van der Waals surface area (Å²) in [6.07, 6.45) is 3.33. The van der Waals surface area contributed by atoms with Crippen LogP contribution < -0.4 is 0 Å². The minimum Gasteiger partial charge on any atom is -0.0816 e. The van der Waals surface area contributed by atoms with Crippen LogP contribution in [0.25, 0.3) is 0 Å². The fourth-order valence-corrected chi connectivity index (χ4v) is 1.10. The monoisotopic (exact) mass is 121 g/mol. The van der Waals surface area contributed by atoms with Crippen molar-refractivity contribution in [2.45, 2.75) is 20.3 Å². The fourth-order valence-electron chi connectivity index (χ4n) is 0.799. The highest BCUT2D eigenvalue weighted by molar-refractivity contribution is 6.22. The van der Waals surface area contributed by atoms with E-state index in [0.717, 1.165) is 6.42 Å². The van der Waals surface area contributed by atoms with E-state index in [2.05, 4.69) is 30.2 Å². The highest BCUT2D eigenvalue weighted by atomic mass is 28.1. The van der Waals surface area contributed by atoms with Crippen LogP contribution in [0.3, 0.4) is 0 Å². The Balaban J connectivity index is 2.88. The van der Waals surface area contributed by atoms with E-state index in [1.54, 1.807) is 0 Å². The molecule has 0 aromatic rings. The zero-order chi connectivity index (χ0) is 6.15. The second-order valence-electron chi connectivity index (χ2n) is 2.19. The molecule has 0 atom stereocenters. The second kappa shape index (κ2) is 1.90. The van der Waals surface area contributed by atoms with Gasteiger partial charge in [-0.1, -0.05) is 22.4 Å². The molecule has 41 valence electrons. The minimum absolute atomic E-state index is 1.09. The number of rotatable bonds is 0. The maximum atomic E-state index is 3.52. The van der Waals surface area contributed by atoms with Crippen molar-refractivity contribution < 1.29 is 0 Å². The van der Waals surface area contributed by atoms with E-state index in [1.165, 1.54) is 16.3 Å². The smallest absolute Gasteiger partial charge is 0.0658 e. The van der Waals surface area contributed by atoms with Crippen molar-refractivity contribution in [2.75, 3.05) is 0 Å². The van der Waals surface area contributed by atoms with Gasteiger partial charge in [-0.15, -0.1) is 0 Å². The van der Waals surface area contributed by atoms with E-state index in [4.69, 9.17) is 0 Å². The average Bonchev–Trinajstić information content (AvgIpc) is 1.98. The number of hydrogen-bond acceptors (Lipinski definition) is 0. The molecule has 0 amide bonds. The standard InChI is InChI=1S/C7H9Si/c1-5-3-4-7(8)6(5)2/h3H,4H2,1-2H3. The molecule has 0 spiro atoms.